The lowest BCUT2D eigenvalue weighted by atomic mass is 10.0. The van der Waals surface area contributed by atoms with Crippen LogP contribution in [-0.2, 0) is 13.1 Å². The number of furan rings is 1. The van der Waals surface area contributed by atoms with E-state index in [0.29, 0.717) is 12.1 Å². The SMILES string of the molecule is O=C(O)c1cccc2c1C(=O)N(C1CCN(Cc3ccoc3)CC1)C2. The van der Waals surface area contributed by atoms with Crippen molar-refractivity contribution in [2.45, 2.75) is 32.0 Å². The fraction of sp³-hybridized carbons (Fsp3) is 0.368. The van der Waals surface area contributed by atoms with Crippen LogP contribution in [0.3, 0.4) is 0 Å². The molecule has 4 rings (SSSR count). The van der Waals surface area contributed by atoms with Gasteiger partial charge < -0.3 is 14.4 Å². The lowest BCUT2D eigenvalue weighted by Crippen LogP contribution is -2.44. The van der Waals surface area contributed by atoms with E-state index in [9.17, 15) is 14.7 Å². The van der Waals surface area contributed by atoms with Crippen LogP contribution in [0.2, 0.25) is 0 Å². The molecule has 0 atom stereocenters. The molecule has 1 N–H and O–H groups in total. The van der Waals surface area contributed by atoms with Crippen LogP contribution >= 0.6 is 0 Å². The molecule has 0 aliphatic carbocycles. The summed E-state index contributed by atoms with van der Waals surface area (Å²) in [5, 5.41) is 9.34. The molecule has 1 aromatic carbocycles. The summed E-state index contributed by atoms with van der Waals surface area (Å²) in [5.74, 6) is -1.18. The van der Waals surface area contributed by atoms with E-state index in [4.69, 9.17) is 4.42 Å². The van der Waals surface area contributed by atoms with E-state index >= 15 is 0 Å². The zero-order chi connectivity index (χ0) is 17.4. The van der Waals surface area contributed by atoms with Crippen molar-refractivity contribution in [3.8, 4) is 0 Å². The van der Waals surface area contributed by atoms with Gasteiger partial charge in [-0.15, -0.1) is 0 Å². The number of likely N-dealkylation sites (tertiary alicyclic amines) is 1. The van der Waals surface area contributed by atoms with E-state index in [0.717, 1.165) is 43.6 Å². The standard InChI is InChI=1S/C19H20N2O4/c22-18-17-14(2-1-3-16(17)19(23)24)11-21(18)15-4-7-20(8-5-15)10-13-6-9-25-12-13/h1-3,6,9,12,15H,4-5,7-8,10-11H2,(H,23,24). The Bertz CT molecular complexity index is 792. The summed E-state index contributed by atoms with van der Waals surface area (Å²) in [6.07, 6.45) is 5.25. The van der Waals surface area contributed by atoms with Crippen molar-refractivity contribution in [1.29, 1.82) is 0 Å². The zero-order valence-electron chi connectivity index (χ0n) is 13.9. The van der Waals surface area contributed by atoms with E-state index in [1.807, 2.05) is 17.0 Å². The largest absolute Gasteiger partial charge is 0.478 e. The van der Waals surface area contributed by atoms with Crippen molar-refractivity contribution in [2.75, 3.05) is 13.1 Å². The Morgan fingerprint density at radius 1 is 1.24 bits per heavy atom. The minimum absolute atomic E-state index is 0.113. The minimum Gasteiger partial charge on any atom is -0.478 e. The number of carbonyl (C=O) groups excluding carboxylic acids is 1. The van der Waals surface area contributed by atoms with Crippen LogP contribution in [0.4, 0.5) is 0 Å². The third-order valence-electron chi connectivity index (χ3n) is 5.18. The van der Waals surface area contributed by atoms with Crippen LogP contribution in [0.5, 0.6) is 0 Å². The van der Waals surface area contributed by atoms with Gasteiger partial charge in [0.15, 0.2) is 0 Å². The molecule has 2 aliphatic rings. The van der Waals surface area contributed by atoms with Crippen molar-refractivity contribution in [1.82, 2.24) is 9.80 Å². The normalized spacial score (nSPS) is 18.6. The summed E-state index contributed by atoms with van der Waals surface area (Å²) in [6, 6.07) is 7.22. The Balaban J connectivity index is 1.43. The highest BCUT2D eigenvalue weighted by Crippen LogP contribution is 2.31. The molecule has 0 radical (unpaired) electrons. The van der Waals surface area contributed by atoms with Crippen LogP contribution < -0.4 is 0 Å². The average Bonchev–Trinajstić information content (AvgIpc) is 3.24. The Kier molecular flexibility index (Phi) is 4.05. The molecule has 2 aliphatic heterocycles. The van der Waals surface area contributed by atoms with Crippen molar-refractivity contribution in [3.63, 3.8) is 0 Å². The van der Waals surface area contributed by atoms with Gasteiger partial charge in [-0.05, 0) is 30.5 Å². The Hall–Kier alpha value is -2.60. The van der Waals surface area contributed by atoms with Crippen molar-refractivity contribution in [2.24, 2.45) is 0 Å². The van der Waals surface area contributed by atoms with Gasteiger partial charge in [0.1, 0.15) is 0 Å². The first-order valence-electron chi connectivity index (χ1n) is 8.53. The number of fused-ring (bicyclic) bond motifs is 1. The quantitative estimate of drug-likeness (QED) is 0.926. The lowest BCUT2D eigenvalue weighted by molar-refractivity contribution is 0.0580. The number of piperidine rings is 1. The first-order chi connectivity index (χ1) is 12.1. The molecular formula is C19H20N2O4. The summed E-state index contributed by atoms with van der Waals surface area (Å²) in [7, 11) is 0. The molecule has 2 aromatic rings. The fourth-order valence-corrected chi connectivity index (χ4v) is 3.89. The predicted molar refractivity (Wildman–Crippen MR) is 90.3 cm³/mol. The summed E-state index contributed by atoms with van der Waals surface area (Å²) in [6.45, 7) is 3.21. The van der Waals surface area contributed by atoms with Gasteiger partial charge in [0.2, 0.25) is 0 Å². The van der Waals surface area contributed by atoms with Crippen LogP contribution in [0.25, 0.3) is 0 Å². The van der Waals surface area contributed by atoms with E-state index in [-0.39, 0.29) is 17.5 Å². The van der Waals surface area contributed by atoms with Gasteiger partial charge in [-0.1, -0.05) is 12.1 Å². The molecule has 0 unspecified atom stereocenters. The molecule has 130 valence electrons. The van der Waals surface area contributed by atoms with Crippen LogP contribution in [-0.4, -0.2) is 45.9 Å². The number of carbonyl (C=O) groups is 2. The van der Waals surface area contributed by atoms with Gasteiger partial charge in [-0.25, -0.2) is 4.79 Å². The highest BCUT2D eigenvalue weighted by Gasteiger charge is 2.36. The number of aromatic carboxylic acids is 1. The maximum Gasteiger partial charge on any atom is 0.336 e. The van der Waals surface area contributed by atoms with Crippen molar-refractivity contribution >= 4 is 11.9 Å². The molecule has 25 heavy (non-hydrogen) atoms. The number of nitrogens with zero attached hydrogens (tertiary/aromatic N) is 2. The van der Waals surface area contributed by atoms with E-state index in [2.05, 4.69) is 4.90 Å². The van der Waals surface area contributed by atoms with Crippen molar-refractivity contribution in [3.05, 3.63) is 59.0 Å². The maximum absolute atomic E-state index is 12.8. The van der Waals surface area contributed by atoms with Crippen LogP contribution in [0.1, 0.15) is 44.7 Å². The molecule has 1 fully saturated rings. The summed E-state index contributed by atoms with van der Waals surface area (Å²) in [5.41, 5.74) is 2.47. The second-order valence-electron chi connectivity index (χ2n) is 6.72. The number of carboxylic acids is 1. The Morgan fingerprint density at radius 2 is 2.04 bits per heavy atom. The predicted octanol–water partition coefficient (Wildman–Crippen LogP) is 2.60. The molecular weight excluding hydrogens is 320 g/mol. The van der Waals surface area contributed by atoms with E-state index in [1.165, 1.54) is 6.07 Å². The molecule has 1 amide bonds. The van der Waals surface area contributed by atoms with Gasteiger partial charge in [-0.2, -0.15) is 0 Å². The van der Waals surface area contributed by atoms with Crippen LogP contribution in [0.15, 0.2) is 41.2 Å². The minimum atomic E-state index is -1.04. The number of carboxylic acid groups (broad SMARTS) is 1. The molecule has 6 nitrogen and oxygen atoms in total. The Morgan fingerprint density at radius 3 is 2.72 bits per heavy atom. The molecule has 6 heteroatoms. The average molecular weight is 340 g/mol. The lowest BCUT2D eigenvalue weighted by Gasteiger charge is -2.36. The van der Waals surface area contributed by atoms with Crippen LogP contribution in [0, 0.1) is 0 Å². The second kappa shape index (κ2) is 6.37. The Labute approximate surface area is 145 Å². The number of benzene rings is 1. The first kappa shape index (κ1) is 15.9. The maximum atomic E-state index is 12.8. The van der Waals surface area contributed by atoms with Gasteiger partial charge in [0.05, 0.1) is 23.7 Å². The number of amides is 1. The van der Waals surface area contributed by atoms with Gasteiger partial charge >= 0.3 is 5.97 Å². The van der Waals surface area contributed by atoms with Gasteiger partial charge in [-0.3, -0.25) is 9.69 Å². The van der Waals surface area contributed by atoms with E-state index in [1.54, 1.807) is 18.6 Å². The van der Waals surface area contributed by atoms with E-state index < -0.39 is 5.97 Å². The summed E-state index contributed by atoms with van der Waals surface area (Å²) >= 11 is 0. The highest BCUT2D eigenvalue weighted by atomic mass is 16.4. The number of rotatable bonds is 4. The molecule has 3 heterocycles. The zero-order valence-corrected chi connectivity index (χ0v) is 13.9. The van der Waals surface area contributed by atoms with Crippen molar-refractivity contribution < 1.29 is 19.1 Å². The molecule has 1 saturated heterocycles. The third kappa shape index (κ3) is 2.93. The second-order valence-corrected chi connectivity index (χ2v) is 6.72. The first-order valence-corrected chi connectivity index (χ1v) is 8.53. The highest BCUT2D eigenvalue weighted by molar-refractivity contribution is 6.07. The number of hydrogen-bond acceptors (Lipinski definition) is 4. The fourth-order valence-electron chi connectivity index (χ4n) is 3.89. The van der Waals surface area contributed by atoms with Gasteiger partial charge in [0.25, 0.3) is 5.91 Å². The molecule has 1 aromatic heterocycles. The topological polar surface area (TPSA) is 74.0 Å². The smallest absolute Gasteiger partial charge is 0.336 e. The number of hydrogen-bond donors (Lipinski definition) is 1. The summed E-state index contributed by atoms with van der Waals surface area (Å²) < 4.78 is 5.11. The molecule has 0 spiro atoms. The van der Waals surface area contributed by atoms with Gasteiger partial charge in [0, 0.05) is 37.8 Å². The third-order valence-corrected chi connectivity index (χ3v) is 5.18. The monoisotopic (exact) mass is 340 g/mol. The summed E-state index contributed by atoms with van der Waals surface area (Å²) in [4.78, 5) is 28.4. The molecule has 0 saturated carbocycles. The molecule has 0 bridgehead atoms.